The van der Waals surface area contributed by atoms with E-state index in [4.69, 9.17) is 4.74 Å². The van der Waals surface area contributed by atoms with Gasteiger partial charge in [-0.2, -0.15) is 0 Å². The number of nitro benzene ring substituents is 1. The summed E-state index contributed by atoms with van der Waals surface area (Å²) in [5, 5.41) is 16.3. The summed E-state index contributed by atoms with van der Waals surface area (Å²) in [5.41, 5.74) is 1.33. The van der Waals surface area contributed by atoms with Crippen molar-refractivity contribution in [2.24, 2.45) is 0 Å². The summed E-state index contributed by atoms with van der Waals surface area (Å²) >= 11 is 0. The number of carbonyl (C=O) groups excluding carboxylic acids is 1. The highest BCUT2D eigenvalue weighted by Gasteiger charge is 2.23. The second-order valence-corrected chi connectivity index (χ2v) is 5.97. The molecular weight excluding hydrogens is 341 g/mol. The Balaban J connectivity index is 1.62. The van der Waals surface area contributed by atoms with E-state index in [1.807, 2.05) is 6.07 Å². The number of carbonyl (C=O) groups is 1. The average Bonchev–Trinajstić information content (AvgIpc) is 3.15. The van der Waals surface area contributed by atoms with Crippen molar-refractivity contribution < 1.29 is 18.8 Å². The van der Waals surface area contributed by atoms with Crippen LogP contribution in [-0.4, -0.2) is 23.5 Å². The van der Waals surface area contributed by atoms with Gasteiger partial charge in [0, 0.05) is 24.9 Å². The Morgan fingerprint density at radius 2 is 2.15 bits per heavy atom. The molecule has 0 saturated carbocycles. The SMILES string of the molecule is O=C(Nc1cccc(CNc2ccc([N+](=O)[O-])cc2F)c1)C1CCCO1. The lowest BCUT2D eigenvalue weighted by Crippen LogP contribution is -2.26. The first-order chi connectivity index (χ1) is 12.5. The maximum Gasteiger partial charge on any atom is 0.272 e. The Hall–Kier alpha value is -3.00. The lowest BCUT2D eigenvalue weighted by molar-refractivity contribution is -0.385. The number of nitrogens with one attached hydrogen (secondary N) is 2. The fourth-order valence-corrected chi connectivity index (χ4v) is 2.72. The topological polar surface area (TPSA) is 93.5 Å². The first-order valence-corrected chi connectivity index (χ1v) is 8.22. The summed E-state index contributed by atoms with van der Waals surface area (Å²) in [6.07, 6.45) is 1.18. The predicted molar refractivity (Wildman–Crippen MR) is 94.4 cm³/mol. The highest BCUT2D eigenvalue weighted by molar-refractivity contribution is 5.94. The largest absolute Gasteiger partial charge is 0.379 e. The summed E-state index contributed by atoms with van der Waals surface area (Å²) in [4.78, 5) is 22.1. The van der Waals surface area contributed by atoms with Gasteiger partial charge in [0.15, 0.2) is 5.82 Å². The first kappa shape index (κ1) is 17.8. The quantitative estimate of drug-likeness (QED) is 0.608. The lowest BCUT2D eigenvalue weighted by Gasteiger charge is -2.12. The summed E-state index contributed by atoms with van der Waals surface area (Å²) in [6, 6.07) is 10.6. The molecule has 1 saturated heterocycles. The maximum atomic E-state index is 13.9. The number of non-ortho nitro benzene ring substituents is 1. The molecular formula is C18H18FN3O4. The van der Waals surface area contributed by atoms with Crippen LogP contribution in [0.4, 0.5) is 21.5 Å². The molecule has 1 aliphatic rings. The van der Waals surface area contributed by atoms with Gasteiger partial charge < -0.3 is 15.4 Å². The van der Waals surface area contributed by atoms with E-state index in [0.29, 0.717) is 25.3 Å². The van der Waals surface area contributed by atoms with E-state index in [1.54, 1.807) is 18.2 Å². The molecule has 3 rings (SSSR count). The molecule has 2 aromatic rings. The van der Waals surface area contributed by atoms with Crippen LogP contribution in [0, 0.1) is 15.9 Å². The normalized spacial score (nSPS) is 16.3. The number of anilines is 2. The molecule has 1 amide bonds. The van der Waals surface area contributed by atoms with E-state index < -0.39 is 16.8 Å². The molecule has 0 spiro atoms. The summed E-state index contributed by atoms with van der Waals surface area (Å²) < 4.78 is 19.2. The zero-order valence-electron chi connectivity index (χ0n) is 13.9. The molecule has 0 aromatic heterocycles. The molecule has 0 bridgehead atoms. The monoisotopic (exact) mass is 359 g/mol. The number of rotatable bonds is 6. The van der Waals surface area contributed by atoms with E-state index in [1.165, 1.54) is 12.1 Å². The number of amides is 1. The van der Waals surface area contributed by atoms with Crippen LogP contribution in [0.1, 0.15) is 18.4 Å². The van der Waals surface area contributed by atoms with Crippen LogP contribution >= 0.6 is 0 Å². The number of halogens is 1. The van der Waals surface area contributed by atoms with Crippen molar-refractivity contribution in [2.75, 3.05) is 17.2 Å². The number of ether oxygens (including phenoxy) is 1. The predicted octanol–water partition coefficient (Wildman–Crippen LogP) is 3.46. The minimum Gasteiger partial charge on any atom is -0.379 e. The van der Waals surface area contributed by atoms with Crippen LogP contribution in [0.15, 0.2) is 42.5 Å². The Morgan fingerprint density at radius 3 is 2.85 bits per heavy atom. The Morgan fingerprint density at radius 1 is 1.31 bits per heavy atom. The number of hydrogen-bond acceptors (Lipinski definition) is 5. The number of nitro groups is 1. The number of nitrogens with zero attached hydrogens (tertiary/aromatic N) is 1. The van der Waals surface area contributed by atoms with E-state index in [-0.39, 0.29) is 17.3 Å². The van der Waals surface area contributed by atoms with E-state index in [0.717, 1.165) is 18.1 Å². The smallest absolute Gasteiger partial charge is 0.272 e. The molecule has 2 aromatic carbocycles. The average molecular weight is 359 g/mol. The molecule has 7 nitrogen and oxygen atoms in total. The summed E-state index contributed by atoms with van der Waals surface area (Å²) in [7, 11) is 0. The van der Waals surface area contributed by atoms with Crippen molar-refractivity contribution in [3.05, 3.63) is 64.0 Å². The molecule has 26 heavy (non-hydrogen) atoms. The van der Waals surface area contributed by atoms with Gasteiger partial charge in [0.05, 0.1) is 16.7 Å². The molecule has 136 valence electrons. The molecule has 0 radical (unpaired) electrons. The Labute approximate surface area is 149 Å². The van der Waals surface area contributed by atoms with Gasteiger partial charge in [0.25, 0.3) is 11.6 Å². The van der Waals surface area contributed by atoms with Crippen molar-refractivity contribution in [2.45, 2.75) is 25.5 Å². The van der Waals surface area contributed by atoms with E-state index >= 15 is 0 Å². The zero-order chi connectivity index (χ0) is 18.5. The van der Waals surface area contributed by atoms with Crippen molar-refractivity contribution in [1.29, 1.82) is 0 Å². The van der Waals surface area contributed by atoms with Gasteiger partial charge >= 0.3 is 0 Å². The summed E-state index contributed by atoms with van der Waals surface area (Å²) in [6.45, 7) is 0.904. The summed E-state index contributed by atoms with van der Waals surface area (Å²) in [5.74, 6) is -0.865. The molecule has 1 aliphatic heterocycles. The lowest BCUT2D eigenvalue weighted by atomic mass is 10.1. The van der Waals surface area contributed by atoms with Crippen LogP contribution < -0.4 is 10.6 Å². The third-order valence-corrected chi connectivity index (χ3v) is 4.06. The van der Waals surface area contributed by atoms with E-state index in [9.17, 15) is 19.3 Å². The van der Waals surface area contributed by atoms with Gasteiger partial charge in [-0.1, -0.05) is 12.1 Å². The molecule has 2 N–H and O–H groups in total. The standard InChI is InChI=1S/C18H18FN3O4/c19-15-10-14(22(24)25)6-7-16(15)20-11-12-3-1-4-13(9-12)21-18(23)17-5-2-8-26-17/h1,3-4,6-7,9-10,17,20H,2,5,8,11H2,(H,21,23). The van der Waals surface area contributed by atoms with Crippen molar-refractivity contribution in [3.8, 4) is 0 Å². The molecule has 0 aliphatic carbocycles. The van der Waals surface area contributed by atoms with Crippen molar-refractivity contribution in [1.82, 2.24) is 0 Å². The fourth-order valence-electron chi connectivity index (χ4n) is 2.72. The Kier molecular flexibility index (Phi) is 5.43. The molecule has 1 fully saturated rings. The third kappa shape index (κ3) is 4.34. The van der Waals surface area contributed by atoms with Crippen LogP contribution in [0.5, 0.6) is 0 Å². The highest BCUT2D eigenvalue weighted by Crippen LogP contribution is 2.22. The van der Waals surface area contributed by atoms with Crippen LogP contribution in [0.2, 0.25) is 0 Å². The van der Waals surface area contributed by atoms with Gasteiger partial charge in [-0.25, -0.2) is 4.39 Å². The minimum atomic E-state index is -0.693. The van der Waals surface area contributed by atoms with Gasteiger partial charge in [-0.3, -0.25) is 14.9 Å². The van der Waals surface area contributed by atoms with Gasteiger partial charge in [0.2, 0.25) is 0 Å². The van der Waals surface area contributed by atoms with Gasteiger partial charge in [-0.15, -0.1) is 0 Å². The van der Waals surface area contributed by atoms with Crippen LogP contribution in [0.25, 0.3) is 0 Å². The van der Waals surface area contributed by atoms with Gasteiger partial charge in [-0.05, 0) is 36.6 Å². The first-order valence-electron chi connectivity index (χ1n) is 8.22. The molecule has 1 atom stereocenters. The second kappa shape index (κ2) is 7.92. The maximum absolute atomic E-state index is 13.9. The number of hydrogen-bond donors (Lipinski definition) is 2. The van der Waals surface area contributed by atoms with Gasteiger partial charge in [0.1, 0.15) is 6.10 Å². The van der Waals surface area contributed by atoms with Crippen LogP contribution in [-0.2, 0) is 16.1 Å². The van der Waals surface area contributed by atoms with Crippen LogP contribution in [0.3, 0.4) is 0 Å². The second-order valence-electron chi connectivity index (χ2n) is 5.97. The zero-order valence-corrected chi connectivity index (χ0v) is 13.9. The fraction of sp³-hybridized carbons (Fsp3) is 0.278. The van der Waals surface area contributed by atoms with Crippen molar-refractivity contribution in [3.63, 3.8) is 0 Å². The van der Waals surface area contributed by atoms with E-state index in [2.05, 4.69) is 10.6 Å². The molecule has 1 unspecified atom stereocenters. The minimum absolute atomic E-state index is 0.171. The highest BCUT2D eigenvalue weighted by atomic mass is 19.1. The Bertz CT molecular complexity index is 822. The van der Waals surface area contributed by atoms with Crippen molar-refractivity contribution >= 4 is 23.0 Å². The third-order valence-electron chi connectivity index (χ3n) is 4.06. The molecule has 1 heterocycles. The number of benzene rings is 2. The molecule has 8 heteroatoms.